The van der Waals surface area contributed by atoms with Gasteiger partial charge >= 0.3 is 12.2 Å². The fourth-order valence-electron chi connectivity index (χ4n) is 4.88. The van der Waals surface area contributed by atoms with Crippen LogP contribution in [0.15, 0.2) is 60.7 Å². The average molecular weight is 541 g/mol. The quantitative estimate of drug-likeness (QED) is 0.414. The lowest BCUT2D eigenvalue weighted by Crippen LogP contribution is -2.47. The van der Waals surface area contributed by atoms with Gasteiger partial charge in [-0.2, -0.15) is 18.4 Å². The second-order valence-electron chi connectivity index (χ2n) is 10.0. The van der Waals surface area contributed by atoms with Gasteiger partial charge in [0.05, 0.1) is 6.61 Å². The van der Waals surface area contributed by atoms with Crippen molar-refractivity contribution in [2.75, 3.05) is 25.0 Å². The summed E-state index contributed by atoms with van der Waals surface area (Å²) in [6.45, 7) is 3.91. The van der Waals surface area contributed by atoms with E-state index in [0.29, 0.717) is 29.1 Å². The van der Waals surface area contributed by atoms with Crippen LogP contribution in [0, 0.1) is 24.2 Å². The van der Waals surface area contributed by atoms with E-state index in [0.717, 1.165) is 11.1 Å². The number of hydrogen-bond acceptors (Lipinski definition) is 6. The number of allylic oxidation sites excluding steroid dienone is 2. The predicted octanol–water partition coefficient (Wildman–Crippen LogP) is 4.41. The third-order valence-corrected chi connectivity index (χ3v) is 6.88. The maximum Gasteiger partial charge on any atom is 0.389 e. The first kappa shape index (κ1) is 28.0. The molecular weight excluding hydrogens is 509 g/mol. The summed E-state index contributed by atoms with van der Waals surface area (Å²) in [7, 11) is 0. The van der Waals surface area contributed by atoms with Crippen molar-refractivity contribution in [3.63, 3.8) is 0 Å². The van der Waals surface area contributed by atoms with Crippen molar-refractivity contribution in [1.82, 2.24) is 20.5 Å². The van der Waals surface area contributed by atoms with E-state index in [-0.39, 0.29) is 25.7 Å². The highest BCUT2D eigenvalue weighted by atomic mass is 19.4. The summed E-state index contributed by atoms with van der Waals surface area (Å²) in [5.74, 6) is -0.0668. The first-order chi connectivity index (χ1) is 18.5. The lowest BCUT2D eigenvalue weighted by atomic mass is 9.84. The smallest absolute Gasteiger partial charge is 0.389 e. The number of amides is 2. The molecule has 1 aromatic heterocycles. The summed E-state index contributed by atoms with van der Waals surface area (Å²) in [4.78, 5) is 18.3. The van der Waals surface area contributed by atoms with Gasteiger partial charge in [0.15, 0.2) is 5.54 Å². The molecule has 3 atom stereocenters. The summed E-state index contributed by atoms with van der Waals surface area (Å²) in [5, 5.41) is 29.1. The Kier molecular flexibility index (Phi) is 8.16. The second-order valence-corrected chi connectivity index (χ2v) is 10.0. The molecule has 39 heavy (non-hydrogen) atoms. The minimum atomic E-state index is -4.25. The molecule has 1 saturated heterocycles. The van der Waals surface area contributed by atoms with Crippen molar-refractivity contribution in [2.24, 2.45) is 5.92 Å². The molecule has 4 rings (SSSR count). The van der Waals surface area contributed by atoms with Crippen LogP contribution < -0.4 is 16.0 Å². The molecule has 1 fully saturated rings. The third kappa shape index (κ3) is 6.70. The summed E-state index contributed by atoms with van der Waals surface area (Å²) in [6.07, 6.45) is 1.99. The molecule has 2 amide bonds. The molecule has 206 valence electrons. The molecule has 11 heteroatoms. The molecule has 0 bridgehead atoms. The average Bonchev–Trinajstić information content (AvgIpc) is 3.37. The van der Waals surface area contributed by atoms with Crippen molar-refractivity contribution < 1.29 is 23.1 Å². The van der Waals surface area contributed by atoms with Crippen LogP contribution in [0.2, 0.25) is 0 Å². The van der Waals surface area contributed by atoms with Crippen LogP contribution in [-0.4, -0.2) is 52.9 Å². The van der Waals surface area contributed by atoms with Crippen LogP contribution in [0.1, 0.15) is 36.5 Å². The van der Waals surface area contributed by atoms with Crippen molar-refractivity contribution in [1.29, 1.82) is 5.26 Å². The minimum Gasteiger partial charge on any atom is -0.394 e. The number of aliphatic hydroxyl groups is 1. The monoisotopic (exact) mass is 540 g/mol. The number of aromatic nitrogens is 1. The van der Waals surface area contributed by atoms with Crippen molar-refractivity contribution in [3.8, 4) is 6.07 Å². The summed E-state index contributed by atoms with van der Waals surface area (Å²) in [6, 6.07) is 10.5. The van der Waals surface area contributed by atoms with E-state index in [4.69, 9.17) is 0 Å². The molecule has 2 aromatic rings. The van der Waals surface area contributed by atoms with E-state index in [1.54, 1.807) is 49.7 Å². The van der Waals surface area contributed by atoms with Gasteiger partial charge in [-0.15, -0.1) is 0 Å². The third-order valence-electron chi connectivity index (χ3n) is 6.88. The molecule has 1 unspecified atom stereocenters. The normalized spacial score (nSPS) is 21.8. The number of anilines is 1. The molecule has 3 heterocycles. The Bertz CT molecular complexity index is 1300. The summed E-state index contributed by atoms with van der Waals surface area (Å²) in [5.41, 5.74) is 2.28. The molecule has 2 aliphatic rings. The molecule has 0 spiro atoms. The van der Waals surface area contributed by atoms with Gasteiger partial charge < -0.3 is 26.0 Å². The number of dihydropyridines is 1. The zero-order valence-electron chi connectivity index (χ0n) is 21.7. The lowest BCUT2D eigenvalue weighted by Gasteiger charge is -2.33. The maximum atomic E-state index is 12.9. The van der Waals surface area contributed by atoms with E-state index >= 15 is 0 Å². The molecule has 1 aromatic carbocycles. The zero-order chi connectivity index (χ0) is 28.2. The van der Waals surface area contributed by atoms with Gasteiger partial charge in [0, 0.05) is 43.6 Å². The topological polar surface area (TPSA) is 113 Å². The highest BCUT2D eigenvalue weighted by Gasteiger charge is 2.37. The number of alkyl halides is 3. The minimum absolute atomic E-state index is 0.0539. The van der Waals surface area contributed by atoms with Gasteiger partial charge in [-0.25, -0.2) is 4.79 Å². The van der Waals surface area contributed by atoms with Crippen LogP contribution in [0.5, 0.6) is 0 Å². The highest BCUT2D eigenvalue weighted by molar-refractivity contribution is 5.91. The fourth-order valence-corrected chi connectivity index (χ4v) is 4.88. The molecule has 4 N–H and O–H groups in total. The number of carbonyl (C=O) groups is 1. The maximum absolute atomic E-state index is 12.9. The van der Waals surface area contributed by atoms with Gasteiger partial charge in [-0.3, -0.25) is 4.98 Å². The Morgan fingerprint density at radius 3 is 2.74 bits per heavy atom. The number of aliphatic hydroxyl groups excluding tert-OH is 1. The largest absolute Gasteiger partial charge is 0.394 e. The molecule has 0 saturated carbocycles. The Morgan fingerprint density at radius 1 is 1.33 bits per heavy atom. The van der Waals surface area contributed by atoms with E-state index in [1.807, 2.05) is 19.1 Å². The number of hydrogen-bond donors (Lipinski definition) is 4. The number of urea groups is 1. The van der Waals surface area contributed by atoms with Crippen LogP contribution >= 0.6 is 0 Å². The van der Waals surface area contributed by atoms with Gasteiger partial charge in [-0.05, 0) is 84.9 Å². The number of benzene rings is 1. The molecule has 0 radical (unpaired) electrons. The van der Waals surface area contributed by atoms with Crippen molar-refractivity contribution >= 4 is 17.3 Å². The van der Waals surface area contributed by atoms with Crippen LogP contribution in [0.4, 0.5) is 23.7 Å². The van der Waals surface area contributed by atoms with Gasteiger partial charge in [0.1, 0.15) is 11.9 Å². The van der Waals surface area contributed by atoms with Crippen LogP contribution in [0.3, 0.4) is 0 Å². The van der Waals surface area contributed by atoms with Crippen molar-refractivity contribution in [2.45, 2.75) is 44.4 Å². The lowest BCUT2D eigenvalue weighted by molar-refractivity contribution is -0.143. The Hall–Kier alpha value is -4.04. The standard InChI is InChI=1S/C28H31F3N6O2/c1-18-3-4-23(35-26(39)37-10-7-20(15-37)13-28(29,30)31)12-24(18)21-11-25(34-19(2)16-38)36-27(14-21,17-32)22-5-8-33-9-6-22/h3-6,8-9,11-12,14,19-20,34,36,38H,7,10,13,15-16H2,1-2H3,(H,35,39)/t19-,20+,27?/m1/s1. The number of aryl methyl sites for hydroxylation is 1. The molecule has 0 aliphatic carbocycles. The first-order valence-corrected chi connectivity index (χ1v) is 12.7. The van der Waals surface area contributed by atoms with Gasteiger partial charge in [0.2, 0.25) is 0 Å². The van der Waals surface area contributed by atoms with Crippen LogP contribution in [-0.2, 0) is 5.54 Å². The van der Waals surface area contributed by atoms with Gasteiger partial charge in [0.25, 0.3) is 0 Å². The van der Waals surface area contributed by atoms with E-state index in [9.17, 15) is 28.3 Å². The highest BCUT2D eigenvalue weighted by Crippen LogP contribution is 2.35. The number of nitriles is 1. The Morgan fingerprint density at radius 2 is 2.08 bits per heavy atom. The number of carbonyl (C=O) groups excluding carboxylic acids is 1. The van der Waals surface area contributed by atoms with Crippen molar-refractivity contribution in [3.05, 3.63) is 77.4 Å². The summed E-state index contributed by atoms with van der Waals surface area (Å²) >= 11 is 0. The van der Waals surface area contributed by atoms with E-state index in [2.05, 4.69) is 27.0 Å². The number of nitrogens with one attached hydrogen (secondary N) is 3. The SMILES string of the molecule is Cc1ccc(NC(=O)N2CC[C@@H](CC(F)(F)F)C2)cc1C1=CC(C#N)(c2ccncc2)NC(N[C@H](C)CO)=C1. The molecule has 2 aliphatic heterocycles. The second kappa shape index (κ2) is 11.4. The number of pyridine rings is 1. The van der Waals surface area contributed by atoms with Gasteiger partial charge in [-0.1, -0.05) is 6.07 Å². The van der Waals surface area contributed by atoms with E-state index < -0.39 is 30.1 Å². The number of nitrogens with zero attached hydrogens (tertiary/aromatic N) is 3. The van der Waals surface area contributed by atoms with Crippen LogP contribution in [0.25, 0.3) is 5.57 Å². The molecule has 8 nitrogen and oxygen atoms in total. The Labute approximate surface area is 225 Å². The first-order valence-electron chi connectivity index (χ1n) is 12.7. The van der Waals surface area contributed by atoms with E-state index in [1.165, 1.54) is 4.90 Å². The fraction of sp³-hybridized carbons (Fsp3) is 0.393. The number of halogens is 3. The summed E-state index contributed by atoms with van der Waals surface area (Å²) < 4.78 is 38.3. The Balaban J connectivity index is 1.63. The predicted molar refractivity (Wildman–Crippen MR) is 141 cm³/mol. The number of likely N-dealkylation sites (tertiary alicyclic amines) is 1. The zero-order valence-corrected chi connectivity index (χ0v) is 21.7. The molecular formula is C28H31F3N6O2. The number of rotatable bonds is 7.